The third-order valence-electron chi connectivity index (χ3n) is 3.00. The highest BCUT2D eigenvalue weighted by Crippen LogP contribution is 2.29. The third kappa shape index (κ3) is 5.05. The molecule has 1 aromatic heterocycles. The van der Waals surface area contributed by atoms with E-state index in [9.17, 15) is 26.4 Å². The lowest BCUT2D eigenvalue weighted by Gasteiger charge is -2.09. The second-order valence-electron chi connectivity index (χ2n) is 4.92. The van der Waals surface area contributed by atoms with Crippen molar-refractivity contribution in [1.29, 1.82) is 0 Å². The van der Waals surface area contributed by atoms with Crippen molar-refractivity contribution < 1.29 is 26.4 Å². The molecule has 0 aliphatic carbocycles. The second-order valence-corrected chi connectivity index (χ2v) is 7.87. The molecule has 0 saturated heterocycles. The quantitative estimate of drug-likeness (QED) is 0.836. The third-order valence-corrected chi connectivity index (χ3v) is 5.52. The monoisotopic (exact) mass is 378 g/mol. The Morgan fingerprint density at radius 1 is 1.21 bits per heavy atom. The predicted molar refractivity (Wildman–Crippen MR) is 82.7 cm³/mol. The van der Waals surface area contributed by atoms with E-state index in [0.29, 0.717) is 4.88 Å². The number of hydrogen-bond acceptors (Lipinski definition) is 4. The van der Waals surface area contributed by atoms with Gasteiger partial charge in [0.25, 0.3) is 0 Å². The number of primary sulfonamides is 1. The molecule has 5 nitrogen and oxygen atoms in total. The molecular formula is C14H13F3N2O3S2. The van der Waals surface area contributed by atoms with Crippen molar-refractivity contribution in [2.75, 3.05) is 0 Å². The Balaban J connectivity index is 1.96. The van der Waals surface area contributed by atoms with E-state index in [1.807, 2.05) is 0 Å². The molecule has 0 fully saturated rings. The molecule has 130 valence electrons. The molecule has 0 aliphatic heterocycles. The molecule has 0 spiro atoms. The highest BCUT2D eigenvalue weighted by atomic mass is 32.2. The number of benzene rings is 1. The van der Waals surface area contributed by atoms with Gasteiger partial charge in [-0.15, -0.1) is 11.3 Å². The molecule has 2 rings (SSSR count). The van der Waals surface area contributed by atoms with Gasteiger partial charge in [-0.25, -0.2) is 13.6 Å². The van der Waals surface area contributed by atoms with Crippen LogP contribution in [0.3, 0.4) is 0 Å². The molecule has 0 aliphatic rings. The number of alkyl halides is 3. The van der Waals surface area contributed by atoms with E-state index in [-0.39, 0.29) is 22.7 Å². The van der Waals surface area contributed by atoms with Crippen LogP contribution in [0.4, 0.5) is 13.2 Å². The number of carbonyl (C=O) groups excluding carboxylic acids is 1. The van der Waals surface area contributed by atoms with Gasteiger partial charge in [-0.1, -0.05) is 18.2 Å². The van der Waals surface area contributed by atoms with Gasteiger partial charge < -0.3 is 5.32 Å². The minimum absolute atomic E-state index is 0.0235. The van der Waals surface area contributed by atoms with Crippen LogP contribution in [0.5, 0.6) is 0 Å². The van der Waals surface area contributed by atoms with Crippen molar-refractivity contribution in [3.8, 4) is 0 Å². The fourth-order valence-corrected chi connectivity index (χ4v) is 3.62. The van der Waals surface area contributed by atoms with Crippen molar-refractivity contribution >= 4 is 27.3 Å². The van der Waals surface area contributed by atoms with Crippen LogP contribution in [0.2, 0.25) is 0 Å². The average molecular weight is 378 g/mol. The molecule has 0 atom stereocenters. The summed E-state index contributed by atoms with van der Waals surface area (Å²) in [6.07, 6.45) is -4.68. The summed E-state index contributed by atoms with van der Waals surface area (Å²) in [5.41, 5.74) is -0.581. The van der Waals surface area contributed by atoms with Gasteiger partial charge in [0.15, 0.2) is 0 Å². The van der Waals surface area contributed by atoms with E-state index in [1.54, 1.807) is 0 Å². The number of carbonyl (C=O) groups is 1. The van der Waals surface area contributed by atoms with E-state index in [1.165, 1.54) is 24.3 Å². The van der Waals surface area contributed by atoms with Crippen molar-refractivity contribution in [3.63, 3.8) is 0 Å². The first-order valence-corrected chi connectivity index (χ1v) is 8.96. The Hall–Kier alpha value is -1.91. The Kier molecular flexibility index (Phi) is 5.31. The van der Waals surface area contributed by atoms with Gasteiger partial charge in [0.2, 0.25) is 15.9 Å². The number of nitrogens with one attached hydrogen (secondary N) is 1. The van der Waals surface area contributed by atoms with Crippen LogP contribution in [0.15, 0.2) is 40.6 Å². The molecule has 3 N–H and O–H groups in total. The average Bonchev–Trinajstić information content (AvgIpc) is 2.93. The lowest BCUT2D eigenvalue weighted by atomic mass is 10.1. The highest BCUT2D eigenvalue weighted by Gasteiger charge is 2.30. The van der Waals surface area contributed by atoms with E-state index in [0.717, 1.165) is 23.5 Å². The zero-order valence-electron chi connectivity index (χ0n) is 12.1. The Bertz CT molecular complexity index is 845. The topological polar surface area (TPSA) is 89.3 Å². The van der Waals surface area contributed by atoms with Crippen LogP contribution in [0.25, 0.3) is 0 Å². The molecule has 1 amide bonds. The van der Waals surface area contributed by atoms with Crippen molar-refractivity contribution in [2.45, 2.75) is 23.4 Å². The fraction of sp³-hybridized carbons (Fsp3) is 0.214. The summed E-state index contributed by atoms with van der Waals surface area (Å²) in [5, 5.41) is 7.51. The van der Waals surface area contributed by atoms with Crippen molar-refractivity contribution in [2.24, 2.45) is 5.14 Å². The molecule has 0 saturated carbocycles. The summed E-state index contributed by atoms with van der Waals surface area (Å²) < 4.78 is 60.1. The second kappa shape index (κ2) is 6.91. The largest absolute Gasteiger partial charge is 0.416 e. The van der Waals surface area contributed by atoms with Crippen LogP contribution in [-0.4, -0.2) is 14.3 Å². The summed E-state index contributed by atoms with van der Waals surface area (Å²) in [7, 11) is -3.79. The lowest BCUT2D eigenvalue weighted by molar-refractivity contribution is -0.137. The molecule has 24 heavy (non-hydrogen) atoms. The maximum absolute atomic E-state index is 12.6. The van der Waals surface area contributed by atoms with Crippen molar-refractivity contribution in [3.05, 3.63) is 52.4 Å². The van der Waals surface area contributed by atoms with Crippen LogP contribution in [-0.2, 0) is 34.0 Å². The van der Waals surface area contributed by atoms with Gasteiger partial charge in [0, 0.05) is 4.88 Å². The summed E-state index contributed by atoms with van der Waals surface area (Å²) >= 11 is 0.917. The smallest absolute Gasteiger partial charge is 0.351 e. The molecule has 10 heteroatoms. The van der Waals surface area contributed by atoms with Crippen molar-refractivity contribution in [1.82, 2.24) is 5.32 Å². The number of nitrogens with two attached hydrogens (primary N) is 1. The summed E-state index contributed by atoms with van der Waals surface area (Å²) in [6, 6.07) is 7.36. The van der Waals surface area contributed by atoms with Gasteiger partial charge in [-0.3, -0.25) is 4.79 Å². The molecule has 0 unspecified atom stereocenters. The molecule has 2 aromatic rings. The minimum atomic E-state index is -4.46. The Labute approximate surface area is 140 Å². The Morgan fingerprint density at radius 2 is 1.92 bits per heavy atom. The maximum atomic E-state index is 12.6. The van der Waals surface area contributed by atoms with E-state index in [2.05, 4.69) is 5.32 Å². The zero-order chi connectivity index (χ0) is 18.0. The Morgan fingerprint density at radius 3 is 2.50 bits per heavy atom. The number of amides is 1. The first-order valence-electron chi connectivity index (χ1n) is 6.60. The summed E-state index contributed by atoms with van der Waals surface area (Å²) in [5.74, 6) is -0.472. The van der Waals surface area contributed by atoms with Gasteiger partial charge in [-0.2, -0.15) is 13.2 Å². The standard InChI is InChI=1S/C14H13F3N2O3S2/c15-14(16,17)10-3-1-2-9(6-10)7-12(20)19-8-11-4-5-13(23-11)24(18,21)22/h1-6H,7-8H2,(H,19,20)(H2,18,21,22). The first-order chi connectivity index (χ1) is 11.1. The molecule has 0 radical (unpaired) electrons. The van der Waals surface area contributed by atoms with E-state index < -0.39 is 27.7 Å². The highest BCUT2D eigenvalue weighted by molar-refractivity contribution is 7.91. The van der Waals surface area contributed by atoms with E-state index >= 15 is 0 Å². The van der Waals surface area contributed by atoms with Crippen LogP contribution < -0.4 is 10.5 Å². The molecule has 0 bridgehead atoms. The lowest BCUT2D eigenvalue weighted by Crippen LogP contribution is -2.24. The molecule has 1 heterocycles. The van der Waals surface area contributed by atoms with Crippen LogP contribution in [0, 0.1) is 0 Å². The zero-order valence-corrected chi connectivity index (χ0v) is 13.8. The number of thiophene rings is 1. The number of sulfonamides is 1. The number of hydrogen-bond donors (Lipinski definition) is 2. The van der Waals surface area contributed by atoms with Crippen LogP contribution in [0.1, 0.15) is 16.0 Å². The van der Waals surface area contributed by atoms with Gasteiger partial charge >= 0.3 is 6.18 Å². The maximum Gasteiger partial charge on any atom is 0.416 e. The molecular weight excluding hydrogens is 365 g/mol. The van der Waals surface area contributed by atoms with Crippen LogP contribution >= 0.6 is 11.3 Å². The van der Waals surface area contributed by atoms with Gasteiger partial charge in [0.1, 0.15) is 4.21 Å². The van der Waals surface area contributed by atoms with Gasteiger partial charge in [0.05, 0.1) is 18.5 Å². The number of halogens is 3. The summed E-state index contributed by atoms with van der Waals surface area (Å²) in [4.78, 5) is 12.4. The van der Waals surface area contributed by atoms with Gasteiger partial charge in [-0.05, 0) is 23.8 Å². The predicted octanol–water partition coefficient (Wildman–Crippen LogP) is 2.27. The van der Waals surface area contributed by atoms with E-state index in [4.69, 9.17) is 5.14 Å². The normalized spacial score (nSPS) is 12.2. The SMILES string of the molecule is NS(=O)(=O)c1ccc(CNC(=O)Cc2cccc(C(F)(F)F)c2)s1. The molecule has 1 aromatic carbocycles. The number of rotatable bonds is 5. The minimum Gasteiger partial charge on any atom is -0.351 e. The fourth-order valence-electron chi connectivity index (χ4n) is 1.90. The summed E-state index contributed by atoms with van der Waals surface area (Å²) in [6.45, 7) is 0.0674. The first kappa shape index (κ1) is 18.4.